The summed E-state index contributed by atoms with van der Waals surface area (Å²) in [6.45, 7) is 11.0. The third-order valence-electron chi connectivity index (χ3n) is 2.55. The van der Waals surface area contributed by atoms with E-state index < -0.39 is 8.32 Å². The summed E-state index contributed by atoms with van der Waals surface area (Å²) >= 11 is 3.12. The molecule has 0 atom stereocenters. The van der Waals surface area contributed by atoms with Crippen LogP contribution in [0.2, 0.25) is 18.1 Å². The van der Waals surface area contributed by atoms with Gasteiger partial charge in [-0.2, -0.15) is 0 Å². The van der Waals surface area contributed by atoms with E-state index in [1.165, 1.54) is 0 Å². The summed E-state index contributed by atoms with van der Waals surface area (Å²) < 4.78 is 5.71. The maximum atomic E-state index is 11.0. The first-order valence-corrected chi connectivity index (χ1v) is 8.45. The van der Waals surface area contributed by atoms with Crippen LogP contribution in [0.3, 0.4) is 0 Å². The first kappa shape index (κ1) is 13.3. The lowest BCUT2D eigenvalue weighted by molar-refractivity contribution is -0.118. The van der Waals surface area contributed by atoms with E-state index in [4.69, 9.17) is 4.43 Å². The topological polar surface area (TPSA) is 26.3 Å². The third kappa shape index (κ3) is 4.38. The van der Waals surface area contributed by atoms with Gasteiger partial charge in [0.15, 0.2) is 14.1 Å². The van der Waals surface area contributed by atoms with Gasteiger partial charge in [0.1, 0.15) is 0 Å². The lowest BCUT2D eigenvalue weighted by atomic mass is 10.2. The van der Waals surface area contributed by atoms with Crippen LogP contribution in [0.15, 0.2) is 0 Å². The summed E-state index contributed by atoms with van der Waals surface area (Å²) in [5.74, 6) is 0.116. The maximum absolute atomic E-state index is 11.0. The van der Waals surface area contributed by atoms with Crippen LogP contribution in [-0.4, -0.2) is 26.0 Å². The van der Waals surface area contributed by atoms with Crippen LogP contribution in [0.4, 0.5) is 0 Å². The molecule has 0 aromatic rings. The second-order valence-corrected chi connectivity index (χ2v) is 10.1. The Balaban J connectivity index is 4.12. The molecule has 13 heavy (non-hydrogen) atoms. The van der Waals surface area contributed by atoms with E-state index in [0.29, 0.717) is 5.33 Å². The second-order valence-electron chi connectivity index (χ2n) is 4.72. The van der Waals surface area contributed by atoms with Crippen molar-refractivity contribution in [2.45, 2.75) is 38.9 Å². The Morgan fingerprint density at radius 1 is 1.38 bits per heavy atom. The predicted octanol–water partition coefficient (Wildman–Crippen LogP) is 2.97. The Bertz CT molecular complexity index is 185. The second kappa shape index (κ2) is 4.71. The number of Topliss-reactive ketones (excluding diaryl/α,β-unsaturated/α-hetero) is 1. The van der Waals surface area contributed by atoms with Gasteiger partial charge in [0.25, 0.3) is 0 Å². The highest BCUT2D eigenvalue weighted by Gasteiger charge is 2.37. The van der Waals surface area contributed by atoms with Crippen LogP contribution in [-0.2, 0) is 9.22 Å². The minimum Gasteiger partial charge on any atom is -0.409 e. The van der Waals surface area contributed by atoms with E-state index in [2.05, 4.69) is 49.8 Å². The summed E-state index contributed by atoms with van der Waals surface area (Å²) in [7, 11) is -1.73. The van der Waals surface area contributed by atoms with Crippen molar-refractivity contribution in [2.24, 2.45) is 0 Å². The molecule has 0 spiro atoms. The molecule has 0 aliphatic rings. The van der Waals surface area contributed by atoms with Gasteiger partial charge in [0, 0.05) is 0 Å². The van der Waals surface area contributed by atoms with E-state index in [1.54, 1.807) is 0 Å². The molecule has 0 aliphatic carbocycles. The fraction of sp³-hybridized carbons (Fsp3) is 0.889. The Kier molecular flexibility index (Phi) is 4.83. The molecule has 0 radical (unpaired) electrons. The zero-order chi connectivity index (χ0) is 10.7. The zero-order valence-electron chi connectivity index (χ0n) is 9.11. The molecule has 4 heteroatoms. The standard InChI is InChI=1S/C9H19BrO2Si/c1-9(2,3)13(4,5)12-7-8(11)6-10/h6-7H2,1-5H3. The molecule has 0 aromatic carbocycles. The molecule has 0 bridgehead atoms. The summed E-state index contributed by atoms with van der Waals surface area (Å²) in [4.78, 5) is 11.0. The molecule has 0 unspecified atom stereocenters. The Morgan fingerprint density at radius 3 is 2.15 bits per heavy atom. The van der Waals surface area contributed by atoms with Gasteiger partial charge < -0.3 is 4.43 Å². The van der Waals surface area contributed by atoms with E-state index in [1.807, 2.05) is 0 Å². The van der Waals surface area contributed by atoms with Gasteiger partial charge in [0.05, 0.1) is 11.9 Å². The summed E-state index contributed by atoms with van der Waals surface area (Å²) in [6.07, 6.45) is 0. The van der Waals surface area contributed by atoms with Gasteiger partial charge in [-0.05, 0) is 18.1 Å². The Labute approximate surface area is 90.3 Å². The molecule has 0 fully saturated rings. The molecule has 0 saturated carbocycles. The zero-order valence-corrected chi connectivity index (χ0v) is 11.7. The third-order valence-corrected chi connectivity index (χ3v) is 7.65. The fourth-order valence-corrected chi connectivity index (χ4v) is 1.63. The normalized spacial score (nSPS) is 13.1. The predicted molar refractivity (Wildman–Crippen MR) is 62.0 cm³/mol. The van der Waals surface area contributed by atoms with Gasteiger partial charge in [-0.3, -0.25) is 4.79 Å². The molecule has 0 aromatic heterocycles. The summed E-state index contributed by atoms with van der Waals surface area (Å²) in [6, 6.07) is 0. The monoisotopic (exact) mass is 266 g/mol. The first-order chi connectivity index (χ1) is 5.70. The van der Waals surface area contributed by atoms with Crippen LogP contribution < -0.4 is 0 Å². The number of hydrogen-bond acceptors (Lipinski definition) is 2. The van der Waals surface area contributed by atoms with E-state index in [0.717, 1.165) is 0 Å². The number of halogens is 1. The molecular weight excluding hydrogens is 248 g/mol. The molecule has 0 aliphatic heterocycles. The summed E-state index contributed by atoms with van der Waals surface area (Å²) in [5, 5.41) is 0.571. The average molecular weight is 267 g/mol. The van der Waals surface area contributed by atoms with Crippen LogP contribution in [0, 0.1) is 0 Å². The van der Waals surface area contributed by atoms with Crippen LogP contribution in [0.1, 0.15) is 20.8 Å². The maximum Gasteiger partial charge on any atom is 0.192 e. The van der Waals surface area contributed by atoms with E-state index in [9.17, 15) is 4.79 Å². The average Bonchev–Trinajstić information content (AvgIpc) is 1.98. The number of hydrogen-bond donors (Lipinski definition) is 0. The van der Waals surface area contributed by atoms with Crippen molar-refractivity contribution in [2.75, 3.05) is 11.9 Å². The largest absolute Gasteiger partial charge is 0.409 e. The molecule has 0 heterocycles. The summed E-state index contributed by atoms with van der Waals surface area (Å²) in [5.41, 5.74) is 0. The number of carbonyl (C=O) groups excluding carboxylic acids is 1. The molecule has 78 valence electrons. The SMILES string of the molecule is CC(C)(C)[Si](C)(C)OCC(=O)CBr. The van der Waals surface area contributed by atoms with Crippen molar-refractivity contribution in [1.29, 1.82) is 0 Å². The van der Waals surface area contributed by atoms with Crippen molar-refractivity contribution < 1.29 is 9.22 Å². The fourth-order valence-electron chi connectivity index (χ4n) is 0.516. The molecular formula is C9H19BrO2Si. The smallest absolute Gasteiger partial charge is 0.192 e. The van der Waals surface area contributed by atoms with Crippen molar-refractivity contribution in [3.63, 3.8) is 0 Å². The Hall–Kier alpha value is 0.327. The van der Waals surface area contributed by atoms with Gasteiger partial charge in [-0.15, -0.1) is 0 Å². The molecule has 0 rings (SSSR count). The van der Waals surface area contributed by atoms with Crippen molar-refractivity contribution in [3.05, 3.63) is 0 Å². The van der Waals surface area contributed by atoms with Gasteiger partial charge in [0.2, 0.25) is 0 Å². The van der Waals surface area contributed by atoms with Gasteiger partial charge in [-0.1, -0.05) is 36.7 Å². The first-order valence-electron chi connectivity index (χ1n) is 4.42. The quantitative estimate of drug-likeness (QED) is 0.578. The number of ketones is 1. The van der Waals surface area contributed by atoms with Crippen LogP contribution in [0.25, 0.3) is 0 Å². The highest BCUT2D eigenvalue weighted by atomic mass is 79.9. The lowest BCUT2D eigenvalue weighted by Gasteiger charge is -2.35. The van der Waals surface area contributed by atoms with Crippen LogP contribution in [0.5, 0.6) is 0 Å². The minimum atomic E-state index is -1.73. The highest BCUT2D eigenvalue weighted by Crippen LogP contribution is 2.36. The van der Waals surface area contributed by atoms with Crippen molar-refractivity contribution in [3.8, 4) is 0 Å². The van der Waals surface area contributed by atoms with E-state index in [-0.39, 0.29) is 17.4 Å². The van der Waals surface area contributed by atoms with E-state index >= 15 is 0 Å². The van der Waals surface area contributed by atoms with Crippen molar-refractivity contribution in [1.82, 2.24) is 0 Å². The van der Waals surface area contributed by atoms with Crippen molar-refractivity contribution >= 4 is 30.0 Å². The number of carbonyl (C=O) groups is 1. The molecule has 0 amide bonds. The highest BCUT2D eigenvalue weighted by molar-refractivity contribution is 9.09. The van der Waals surface area contributed by atoms with Crippen LogP contribution >= 0.6 is 15.9 Å². The number of alkyl halides is 1. The Morgan fingerprint density at radius 2 is 1.85 bits per heavy atom. The molecule has 2 nitrogen and oxygen atoms in total. The minimum absolute atomic E-state index is 0.116. The van der Waals surface area contributed by atoms with Gasteiger partial charge >= 0.3 is 0 Å². The van der Waals surface area contributed by atoms with Gasteiger partial charge in [-0.25, -0.2) is 0 Å². The molecule has 0 saturated heterocycles. The molecule has 0 N–H and O–H groups in total. The number of rotatable bonds is 4. The lowest BCUT2D eigenvalue weighted by Crippen LogP contribution is -2.42.